The minimum atomic E-state index is -4.50. The molecule has 1 aliphatic rings. The van der Waals surface area contributed by atoms with Gasteiger partial charge in [0.1, 0.15) is 12.4 Å². The van der Waals surface area contributed by atoms with E-state index in [0.717, 1.165) is 17.7 Å². The van der Waals surface area contributed by atoms with Crippen molar-refractivity contribution in [3.63, 3.8) is 0 Å². The van der Waals surface area contributed by atoms with Crippen LogP contribution in [0.5, 0.6) is 0 Å². The number of carbonyl (C=O) groups is 1. The number of nitrogens with one attached hydrogen (secondary N) is 1. The number of carbonyl (C=O) groups excluding carboxylic acids is 1. The summed E-state index contributed by atoms with van der Waals surface area (Å²) in [5, 5.41) is 0. The van der Waals surface area contributed by atoms with Gasteiger partial charge in [-0.1, -0.05) is 42.5 Å². The maximum Gasteiger partial charge on any atom is 0.416 e. The highest BCUT2D eigenvalue weighted by atomic mass is 19.4. The fourth-order valence-corrected chi connectivity index (χ4v) is 4.98. The molecule has 1 fully saturated rings. The van der Waals surface area contributed by atoms with Gasteiger partial charge in [0.25, 0.3) is 0 Å². The second-order valence-corrected chi connectivity index (χ2v) is 9.55. The molecule has 1 aliphatic heterocycles. The average molecular weight is 537 g/mol. The lowest BCUT2D eigenvalue weighted by molar-refractivity contribution is -0.137. The number of halogens is 3. The number of likely N-dealkylation sites (tertiary alicyclic amines) is 1. The van der Waals surface area contributed by atoms with Crippen LogP contribution in [0.2, 0.25) is 0 Å². The van der Waals surface area contributed by atoms with Crippen LogP contribution in [0.25, 0.3) is 22.5 Å². The Kier molecular flexibility index (Phi) is 7.28. The third kappa shape index (κ3) is 5.74. The van der Waals surface area contributed by atoms with Gasteiger partial charge in [-0.3, -0.25) is 4.79 Å². The molecule has 3 heterocycles. The quantitative estimate of drug-likeness (QED) is 0.341. The van der Waals surface area contributed by atoms with Crippen LogP contribution < -0.4 is 5.56 Å². The number of piperidine rings is 1. The van der Waals surface area contributed by atoms with Crippen LogP contribution >= 0.6 is 0 Å². The van der Waals surface area contributed by atoms with Crippen molar-refractivity contribution in [2.24, 2.45) is 7.05 Å². The van der Waals surface area contributed by atoms with E-state index in [1.165, 1.54) is 18.3 Å². The van der Waals surface area contributed by atoms with Crippen LogP contribution in [0.1, 0.15) is 35.7 Å². The van der Waals surface area contributed by atoms with Crippen molar-refractivity contribution in [1.82, 2.24) is 19.4 Å². The van der Waals surface area contributed by atoms with Crippen LogP contribution in [0, 0.1) is 0 Å². The van der Waals surface area contributed by atoms with Gasteiger partial charge in [-0.05, 0) is 36.6 Å². The number of amides is 1. The van der Waals surface area contributed by atoms with Crippen molar-refractivity contribution < 1.29 is 22.7 Å². The van der Waals surface area contributed by atoms with Crippen LogP contribution in [0.4, 0.5) is 18.0 Å². The Morgan fingerprint density at radius 2 is 1.77 bits per heavy atom. The standard InChI is InChI=1S/C29H27F3N4O3/c1-35-26(22-10-13-33-24(37)17-22)25(21-8-5-9-23(16-21)29(30,31)32)34-27(35)20-11-14-36(15-12-20)28(38)39-18-19-6-3-2-4-7-19/h2-10,13,16-17,20H,11-12,14-15,18H2,1H3,(H,33,37). The molecule has 0 saturated carbocycles. The van der Waals surface area contributed by atoms with E-state index in [4.69, 9.17) is 9.72 Å². The van der Waals surface area contributed by atoms with Crippen molar-refractivity contribution >= 4 is 6.09 Å². The van der Waals surface area contributed by atoms with Gasteiger partial charge in [0.15, 0.2) is 0 Å². The van der Waals surface area contributed by atoms with E-state index in [1.54, 1.807) is 24.1 Å². The Morgan fingerprint density at radius 3 is 2.46 bits per heavy atom. The van der Waals surface area contributed by atoms with E-state index >= 15 is 0 Å². The predicted octanol–water partition coefficient (Wildman–Crippen LogP) is 5.98. The Labute approximate surface area is 222 Å². The molecule has 1 amide bonds. The number of hydrogen-bond acceptors (Lipinski definition) is 4. The number of aromatic nitrogens is 3. The Balaban J connectivity index is 1.41. The topological polar surface area (TPSA) is 80.2 Å². The van der Waals surface area contributed by atoms with Crippen LogP contribution in [0.3, 0.4) is 0 Å². The summed E-state index contributed by atoms with van der Waals surface area (Å²) in [6, 6.07) is 17.6. The SMILES string of the molecule is Cn1c(C2CCN(C(=O)OCc3ccccc3)CC2)nc(-c2cccc(C(F)(F)F)c2)c1-c1cc[nH]c(=O)c1. The molecule has 0 bridgehead atoms. The van der Waals surface area contributed by atoms with Crippen LogP contribution in [0.15, 0.2) is 77.7 Å². The first-order valence-corrected chi connectivity index (χ1v) is 12.6. The third-order valence-electron chi connectivity index (χ3n) is 6.97. The summed E-state index contributed by atoms with van der Waals surface area (Å²) in [4.78, 5) is 33.8. The summed E-state index contributed by atoms with van der Waals surface area (Å²) in [7, 11) is 1.80. The van der Waals surface area contributed by atoms with Gasteiger partial charge >= 0.3 is 12.3 Å². The van der Waals surface area contributed by atoms with E-state index in [9.17, 15) is 22.8 Å². The number of H-pyrrole nitrogens is 1. The van der Waals surface area contributed by atoms with Crippen LogP contribution in [-0.4, -0.2) is 38.6 Å². The number of alkyl halides is 3. The van der Waals surface area contributed by atoms with E-state index in [1.807, 2.05) is 34.9 Å². The highest BCUT2D eigenvalue weighted by molar-refractivity contribution is 5.79. The van der Waals surface area contributed by atoms with Gasteiger partial charge in [0.05, 0.1) is 17.0 Å². The minimum Gasteiger partial charge on any atom is -0.445 e. The molecule has 0 radical (unpaired) electrons. The maximum atomic E-state index is 13.5. The predicted molar refractivity (Wildman–Crippen MR) is 140 cm³/mol. The normalized spacial score (nSPS) is 14.4. The summed E-state index contributed by atoms with van der Waals surface area (Å²) < 4.78 is 47.7. The molecule has 10 heteroatoms. The molecule has 1 N–H and O–H groups in total. The zero-order valence-electron chi connectivity index (χ0n) is 21.2. The van der Waals surface area contributed by atoms with Gasteiger partial charge in [-0.25, -0.2) is 9.78 Å². The first-order chi connectivity index (χ1) is 18.7. The van der Waals surface area contributed by atoms with Crippen molar-refractivity contribution in [2.75, 3.05) is 13.1 Å². The summed E-state index contributed by atoms with van der Waals surface area (Å²) in [5.74, 6) is 0.656. The van der Waals surface area contributed by atoms with Gasteiger partial charge in [0.2, 0.25) is 5.56 Å². The number of pyridine rings is 1. The second-order valence-electron chi connectivity index (χ2n) is 9.55. The lowest BCUT2D eigenvalue weighted by atomic mass is 9.96. The van der Waals surface area contributed by atoms with Crippen molar-refractivity contribution in [2.45, 2.75) is 31.5 Å². The average Bonchev–Trinajstić information content (AvgIpc) is 3.29. The van der Waals surface area contributed by atoms with Crippen molar-refractivity contribution in [3.8, 4) is 22.5 Å². The van der Waals surface area contributed by atoms with Crippen molar-refractivity contribution in [1.29, 1.82) is 0 Å². The van der Waals surface area contributed by atoms with Crippen LogP contribution in [-0.2, 0) is 24.6 Å². The third-order valence-corrected chi connectivity index (χ3v) is 6.97. The molecule has 5 rings (SSSR count). The van der Waals surface area contributed by atoms with E-state index in [2.05, 4.69) is 4.98 Å². The molecule has 0 atom stereocenters. The zero-order valence-corrected chi connectivity index (χ0v) is 21.2. The Morgan fingerprint density at radius 1 is 1.03 bits per heavy atom. The number of rotatable bonds is 5. The molecule has 2 aromatic carbocycles. The van der Waals surface area contributed by atoms with Gasteiger partial charge in [0, 0.05) is 49.4 Å². The first-order valence-electron chi connectivity index (χ1n) is 12.6. The van der Waals surface area contributed by atoms with E-state index in [0.29, 0.717) is 54.3 Å². The highest BCUT2D eigenvalue weighted by Gasteiger charge is 2.32. The minimum absolute atomic E-state index is 0.0338. The molecule has 0 unspecified atom stereocenters. The molecule has 0 spiro atoms. The molecule has 4 aromatic rings. The smallest absolute Gasteiger partial charge is 0.416 e. The molecule has 7 nitrogen and oxygen atoms in total. The number of aromatic amines is 1. The van der Waals surface area contributed by atoms with E-state index in [-0.39, 0.29) is 24.2 Å². The second kappa shape index (κ2) is 10.8. The number of nitrogens with zero attached hydrogens (tertiary/aromatic N) is 3. The molecule has 39 heavy (non-hydrogen) atoms. The number of hydrogen-bond donors (Lipinski definition) is 1. The maximum absolute atomic E-state index is 13.5. The highest BCUT2D eigenvalue weighted by Crippen LogP contribution is 2.38. The molecular formula is C29H27F3N4O3. The summed E-state index contributed by atoms with van der Waals surface area (Å²) >= 11 is 0. The lowest BCUT2D eigenvalue weighted by Gasteiger charge is -2.31. The largest absolute Gasteiger partial charge is 0.445 e. The molecule has 0 aliphatic carbocycles. The molecule has 2 aromatic heterocycles. The lowest BCUT2D eigenvalue weighted by Crippen LogP contribution is -2.38. The Bertz CT molecular complexity index is 1520. The fraction of sp³-hybridized carbons (Fsp3) is 0.276. The molecule has 1 saturated heterocycles. The van der Waals surface area contributed by atoms with E-state index < -0.39 is 11.7 Å². The summed E-state index contributed by atoms with van der Waals surface area (Å²) in [6.45, 7) is 1.12. The Hall–Kier alpha value is -4.34. The molecule has 202 valence electrons. The first kappa shape index (κ1) is 26.3. The van der Waals surface area contributed by atoms with Gasteiger partial charge in [-0.2, -0.15) is 13.2 Å². The van der Waals surface area contributed by atoms with Gasteiger partial charge in [-0.15, -0.1) is 0 Å². The summed E-state index contributed by atoms with van der Waals surface area (Å²) in [5.41, 5.74) is 1.59. The number of ether oxygens (including phenoxy) is 1. The molecular weight excluding hydrogens is 509 g/mol. The summed E-state index contributed by atoms with van der Waals surface area (Å²) in [6.07, 6.45) is -2.16. The fourth-order valence-electron chi connectivity index (χ4n) is 4.98. The number of imidazole rings is 1. The number of benzene rings is 2. The van der Waals surface area contributed by atoms with Gasteiger partial charge < -0.3 is 19.2 Å². The zero-order chi connectivity index (χ0) is 27.6. The monoisotopic (exact) mass is 536 g/mol. The van der Waals surface area contributed by atoms with Crippen molar-refractivity contribution in [3.05, 3.63) is 100 Å².